The number of piperidine rings is 1. The van der Waals surface area contributed by atoms with Crippen molar-refractivity contribution in [3.63, 3.8) is 0 Å². The van der Waals surface area contributed by atoms with E-state index in [9.17, 15) is 9.18 Å². The molecule has 2 N–H and O–H groups in total. The molecule has 2 saturated heterocycles. The smallest absolute Gasteiger partial charge is 0.264 e. The Balaban J connectivity index is 1.66. The summed E-state index contributed by atoms with van der Waals surface area (Å²) in [5.41, 5.74) is 7.39. The molecule has 0 amide bonds. The first-order chi connectivity index (χ1) is 12.9. The number of benzene rings is 1. The van der Waals surface area contributed by atoms with Crippen LogP contribution in [0.3, 0.4) is 0 Å². The Morgan fingerprint density at radius 3 is 2.63 bits per heavy atom. The first-order valence-corrected chi connectivity index (χ1v) is 9.36. The molecule has 6 nitrogen and oxygen atoms in total. The summed E-state index contributed by atoms with van der Waals surface area (Å²) in [6.45, 7) is 4.99. The standard InChI is InChI=1S/C20H25FN4O2/c1-13-3-4-14(11-15(13)21)16-17(22)23-19(24(2)18(16)26)25-8-5-20(6-9-25)7-10-27-12-20/h3-4,11H,5-10,12,22H2,1-2H3. The summed E-state index contributed by atoms with van der Waals surface area (Å²) in [6.07, 6.45) is 3.15. The number of halogens is 1. The second-order valence-corrected chi connectivity index (χ2v) is 7.79. The minimum Gasteiger partial charge on any atom is -0.383 e. The van der Waals surface area contributed by atoms with E-state index in [0.717, 1.165) is 45.6 Å². The van der Waals surface area contributed by atoms with Crippen molar-refractivity contribution in [1.82, 2.24) is 9.55 Å². The lowest BCUT2D eigenvalue weighted by atomic mass is 9.78. The summed E-state index contributed by atoms with van der Waals surface area (Å²) in [4.78, 5) is 19.6. The van der Waals surface area contributed by atoms with Crippen LogP contribution in [0, 0.1) is 18.2 Å². The predicted molar refractivity (Wildman–Crippen MR) is 103 cm³/mol. The van der Waals surface area contributed by atoms with Gasteiger partial charge in [0.15, 0.2) is 0 Å². The monoisotopic (exact) mass is 372 g/mol. The van der Waals surface area contributed by atoms with Crippen molar-refractivity contribution in [2.75, 3.05) is 36.9 Å². The van der Waals surface area contributed by atoms with Crippen molar-refractivity contribution in [1.29, 1.82) is 0 Å². The highest BCUT2D eigenvalue weighted by molar-refractivity contribution is 5.74. The second-order valence-electron chi connectivity index (χ2n) is 7.79. The molecule has 144 valence electrons. The maximum atomic E-state index is 14.0. The van der Waals surface area contributed by atoms with Gasteiger partial charge < -0.3 is 15.4 Å². The van der Waals surface area contributed by atoms with Crippen LogP contribution in [0.1, 0.15) is 24.8 Å². The number of aryl methyl sites for hydroxylation is 1. The Bertz CT molecular complexity index is 924. The van der Waals surface area contributed by atoms with Crippen LogP contribution >= 0.6 is 0 Å². The quantitative estimate of drug-likeness (QED) is 0.877. The van der Waals surface area contributed by atoms with Crippen LogP contribution in [0.25, 0.3) is 11.1 Å². The Morgan fingerprint density at radius 2 is 2.00 bits per heavy atom. The molecule has 2 aliphatic heterocycles. The third kappa shape index (κ3) is 3.10. The van der Waals surface area contributed by atoms with E-state index in [-0.39, 0.29) is 28.2 Å². The molecule has 4 rings (SSSR count). The van der Waals surface area contributed by atoms with Gasteiger partial charge in [0.2, 0.25) is 5.95 Å². The fourth-order valence-electron chi connectivity index (χ4n) is 4.13. The summed E-state index contributed by atoms with van der Waals surface area (Å²) in [7, 11) is 1.70. The van der Waals surface area contributed by atoms with E-state index >= 15 is 0 Å². The molecule has 0 atom stereocenters. The zero-order chi connectivity index (χ0) is 19.2. The van der Waals surface area contributed by atoms with E-state index in [1.807, 2.05) is 0 Å². The van der Waals surface area contributed by atoms with Gasteiger partial charge in [-0.25, -0.2) is 4.39 Å². The zero-order valence-corrected chi connectivity index (χ0v) is 15.8. The fourth-order valence-corrected chi connectivity index (χ4v) is 4.13. The van der Waals surface area contributed by atoms with Crippen LogP contribution in [-0.2, 0) is 11.8 Å². The maximum absolute atomic E-state index is 14.0. The minimum atomic E-state index is -0.363. The fraction of sp³-hybridized carbons (Fsp3) is 0.500. The molecule has 0 radical (unpaired) electrons. The molecular weight excluding hydrogens is 347 g/mol. The molecule has 1 aromatic carbocycles. The molecule has 27 heavy (non-hydrogen) atoms. The van der Waals surface area contributed by atoms with Gasteiger partial charge in [-0.1, -0.05) is 12.1 Å². The van der Waals surface area contributed by atoms with Crippen molar-refractivity contribution >= 4 is 11.8 Å². The SMILES string of the molecule is Cc1ccc(-c2c(N)nc(N3CCC4(CCOC4)CC3)n(C)c2=O)cc1F. The molecule has 7 heteroatoms. The first kappa shape index (κ1) is 18.0. The van der Waals surface area contributed by atoms with Gasteiger partial charge in [0, 0.05) is 26.7 Å². The van der Waals surface area contributed by atoms with Gasteiger partial charge in [-0.05, 0) is 48.8 Å². The highest BCUT2D eigenvalue weighted by Gasteiger charge is 2.38. The number of rotatable bonds is 2. The molecular formula is C20H25FN4O2. The van der Waals surface area contributed by atoms with Crippen LogP contribution in [0.5, 0.6) is 0 Å². The Labute approximate surface area is 157 Å². The Kier molecular flexibility index (Phi) is 4.42. The van der Waals surface area contributed by atoms with Crippen molar-refractivity contribution < 1.29 is 9.13 Å². The van der Waals surface area contributed by atoms with Gasteiger partial charge >= 0.3 is 0 Å². The lowest BCUT2D eigenvalue weighted by molar-refractivity contribution is 0.133. The van der Waals surface area contributed by atoms with Crippen molar-refractivity contribution in [3.05, 3.63) is 39.9 Å². The van der Waals surface area contributed by atoms with Crippen LogP contribution in [-0.4, -0.2) is 35.9 Å². The van der Waals surface area contributed by atoms with E-state index in [2.05, 4.69) is 9.88 Å². The number of ether oxygens (including phenoxy) is 1. The third-order valence-electron chi connectivity index (χ3n) is 6.05. The Morgan fingerprint density at radius 1 is 1.26 bits per heavy atom. The summed E-state index contributed by atoms with van der Waals surface area (Å²) in [5.74, 6) is 0.349. The Hall–Kier alpha value is -2.41. The van der Waals surface area contributed by atoms with Crippen LogP contribution in [0.15, 0.2) is 23.0 Å². The van der Waals surface area contributed by atoms with Gasteiger partial charge in [-0.15, -0.1) is 0 Å². The third-order valence-corrected chi connectivity index (χ3v) is 6.05. The largest absolute Gasteiger partial charge is 0.383 e. The van der Waals surface area contributed by atoms with Gasteiger partial charge in [0.25, 0.3) is 5.56 Å². The van der Waals surface area contributed by atoms with E-state index < -0.39 is 0 Å². The predicted octanol–water partition coefficient (Wildman–Crippen LogP) is 2.48. The summed E-state index contributed by atoms with van der Waals surface area (Å²) in [6, 6.07) is 4.69. The number of anilines is 2. The van der Waals surface area contributed by atoms with Gasteiger partial charge in [0.05, 0.1) is 12.2 Å². The normalized spacial score (nSPS) is 19.0. The van der Waals surface area contributed by atoms with E-state index in [4.69, 9.17) is 10.5 Å². The number of aromatic nitrogens is 2. The number of hydrogen-bond donors (Lipinski definition) is 1. The highest BCUT2D eigenvalue weighted by Crippen LogP contribution is 2.40. The van der Waals surface area contributed by atoms with E-state index in [1.165, 1.54) is 10.6 Å². The summed E-state index contributed by atoms with van der Waals surface area (Å²) in [5, 5.41) is 0. The summed E-state index contributed by atoms with van der Waals surface area (Å²) >= 11 is 0. The van der Waals surface area contributed by atoms with Crippen LogP contribution in [0.4, 0.5) is 16.2 Å². The molecule has 3 heterocycles. The second kappa shape index (κ2) is 6.64. The first-order valence-electron chi connectivity index (χ1n) is 9.36. The molecule has 2 aliphatic rings. The molecule has 0 saturated carbocycles. The van der Waals surface area contributed by atoms with Gasteiger partial charge in [-0.3, -0.25) is 9.36 Å². The van der Waals surface area contributed by atoms with Crippen molar-refractivity contribution in [2.45, 2.75) is 26.2 Å². The molecule has 1 spiro atoms. The summed E-state index contributed by atoms with van der Waals surface area (Å²) < 4.78 is 21.1. The highest BCUT2D eigenvalue weighted by atomic mass is 19.1. The molecule has 0 bridgehead atoms. The van der Waals surface area contributed by atoms with Gasteiger partial charge in [-0.2, -0.15) is 4.98 Å². The van der Waals surface area contributed by atoms with Crippen LogP contribution < -0.4 is 16.2 Å². The van der Waals surface area contributed by atoms with Gasteiger partial charge in [0.1, 0.15) is 11.6 Å². The van der Waals surface area contributed by atoms with Crippen molar-refractivity contribution in [3.8, 4) is 11.1 Å². The lowest BCUT2D eigenvalue weighted by Crippen LogP contribution is -2.43. The van der Waals surface area contributed by atoms with Crippen LogP contribution in [0.2, 0.25) is 0 Å². The topological polar surface area (TPSA) is 73.4 Å². The molecule has 2 fully saturated rings. The van der Waals surface area contributed by atoms with E-state index in [1.54, 1.807) is 26.1 Å². The van der Waals surface area contributed by atoms with Crippen molar-refractivity contribution in [2.24, 2.45) is 12.5 Å². The number of hydrogen-bond acceptors (Lipinski definition) is 5. The maximum Gasteiger partial charge on any atom is 0.264 e. The molecule has 0 unspecified atom stereocenters. The number of nitrogen functional groups attached to an aromatic ring is 1. The number of nitrogens with zero attached hydrogens (tertiary/aromatic N) is 3. The molecule has 1 aromatic heterocycles. The average molecular weight is 372 g/mol. The number of nitrogens with two attached hydrogens (primary N) is 1. The van der Waals surface area contributed by atoms with E-state index in [0.29, 0.717) is 17.1 Å². The molecule has 0 aliphatic carbocycles. The average Bonchev–Trinajstić information content (AvgIpc) is 3.10. The zero-order valence-electron chi connectivity index (χ0n) is 15.8. The minimum absolute atomic E-state index is 0.140. The molecule has 2 aromatic rings. The lowest BCUT2D eigenvalue weighted by Gasteiger charge is -2.39.